The molecule has 8 nitrogen and oxygen atoms in total. The van der Waals surface area contributed by atoms with Gasteiger partial charge in [-0.2, -0.15) is 0 Å². The maximum atomic E-state index is 9.02. The van der Waals surface area contributed by atoms with E-state index in [1.165, 1.54) is 38.7 Å². The Hall–Kier alpha value is -12.5. The Labute approximate surface area is 720 Å². The van der Waals surface area contributed by atoms with E-state index >= 15 is 0 Å². The van der Waals surface area contributed by atoms with Crippen molar-refractivity contribution in [3.63, 3.8) is 0 Å². The highest BCUT2D eigenvalue weighted by atomic mass is 16.3. The highest BCUT2D eigenvalue weighted by molar-refractivity contribution is 6.25. The Morgan fingerprint density at radius 3 is 1.07 bits per heavy atom. The molecule has 0 radical (unpaired) electrons. The highest BCUT2D eigenvalue weighted by Crippen LogP contribution is 2.47. The molecule has 2 saturated carbocycles. The molecule has 22 rings (SSSR count). The zero-order valence-electron chi connectivity index (χ0n) is 82.3. The van der Waals surface area contributed by atoms with Crippen molar-refractivity contribution in [3.8, 4) is 45.0 Å². The highest BCUT2D eigenvalue weighted by Gasteiger charge is 2.30. The summed E-state index contributed by atoms with van der Waals surface area (Å²) in [6.45, 7) is 9.23. The van der Waals surface area contributed by atoms with Gasteiger partial charge < -0.3 is 17.7 Å². The second kappa shape index (κ2) is 32.0. The minimum atomic E-state index is -2.33. The van der Waals surface area contributed by atoms with Gasteiger partial charge in [-0.15, -0.1) is 0 Å². The Morgan fingerprint density at radius 1 is 0.317 bits per heavy atom. The third kappa shape index (κ3) is 14.2. The number of hydrogen-bond donors (Lipinski definition) is 0. The normalized spacial score (nSPS) is 15.6. The maximum absolute atomic E-state index is 9.02. The van der Waals surface area contributed by atoms with Crippen molar-refractivity contribution in [2.24, 2.45) is 45.9 Å². The molecule has 8 aromatic heterocycles. The van der Waals surface area contributed by atoms with Crippen LogP contribution in [-0.4, -0.2) is 0 Å². The molecule has 0 spiro atoms. The zero-order chi connectivity index (χ0) is 92.7. The molecule has 120 heavy (non-hydrogen) atoms. The van der Waals surface area contributed by atoms with Crippen LogP contribution in [0.2, 0.25) is 0 Å². The number of hydrogen-bond acceptors (Lipinski definition) is 4. The molecule has 0 atom stereocenters. The van der Waals surface area contributed by atoms with Gasteiger partial charge in [-0.1, -0.05) is 235 Å². The van der Waals surface area contributed by atoms with E-state index in [4.69, 9.17) is 34.1 Å². The van der Waals surface area contributed by atoms with Crippen LogP contribution in [0.3, 0.4) is 0 Å². The molecule has 0 bridgehead atoms. The standard InChI is InChI=1S/C30H30NO.C29H28NO.C27H26NO.C26H24NO/c1-20-12-14-25-29-24-11-7-6-10-23(24)13-15-27(29)32-30(25)28(20)26-19-22(16-17-31(26)2)18-21-8-4-3-5-9-21;1-19-11-13-24-28-23-10-6-5-9-22(23)12-14-26(28)31-29(24)27(19)25-18-21(15-16-30(25)2)17-20-7-3-4-8-20;1-17(2)15-19-13-14-28(4)23(16-19)25-18(3)9-11-22-26-21-8-6-5-7-20(21)10-12-24(26)29-27(22)25;1-15-13-21(27(5)14-18(15)4)23-16(2)12-17(3)24-25-20-9-7-6-8-19(20)10-11-22(25)28-26(23)24/h6-7,10-17,19,21H,3-5,8-9,18H2,1-2H3;5-6,9-16,18,20H,3-4,7-8,17H2,1-2H3;5-14,16-17H,15H2,1-4H3;6-14H,1-5H3/q4*+1/i18D2;17D2;15D2;3D3,4D3. The molecule has 0 N–H and O–H groups in total. The lowest BCUT2D eigenvalue weighted by Gasteiger charge is -2.21. The minimum Gasteiger partial charge on any atom is -0.455 e. The number of fused-ring (bicyclic) bond motifs is 20. The summed E-state index contributed by atoms with van der Waals surface area (Å²) in [4.78, 5) is 0. The quantitative estimate of drug-likeness (QED) is 0.128. The van der Waals surface area contributed by atoms with Gasteiger partial charge in [-0.05, 0) is 203 Å². The number of rotatable bonds is 10. The van der Waals surface area contributed by atoms with Gasteiger partial charge in [0.15, 0.2) is 24.8 Å². The van der Waals surface area contributed by atoms with Crippen LogP contribution in [0.4, 0.5) is 0 Å². The molecular formula is C112H108N4O4+4. The lowest BCUT2D eigenvalue weighted by atomic mass is 9.85. The van der Waals surface area contributed by atoms with E-state index in [0.717, 1.165) is 212 Å². The van der Waals surface area contributed by atoms with Crippen molar-refractivity contribution in [2.45, 2.75) is 139 Å². The molecule has 12 aromatic carbocycles. The maximum Gasteiger partial charge on any atom is 0.216 e. The van der Waals surface area contributed by atoms with E-state index < -0.39 is 32.8 Å². The fraction of sp³-hybridized carbons (Fsp3) is 0.250. The van der Waals surface area contributed by atoms with Crippen molar-refractivity contribution < 1.29 is 52.4 Å². The fourth-order valence-electron chi connectivity index (χ4n) is 19.1. The first-order valence-electron chi connectivity index (χ1n) is 48.5. The largest absolute Gasteiger partial charge is 0.455 e. The van der Waals surface area contributed by atoms with Crippen molar-refractivity contribution in [2.75, 3.05) is 0 Å². The van der Waals surface area contributed by atoms with Crippen molar-refractivity contribution >= 4 is 131 Å². The SMILES string of the molecule is [2H]C([2H])([2H])c1c[n+](C)c(-c2c(C)cc(C([2H])([2H])[2H])c3c2oc2ccc4ccccc4c23)cc1C.[2H]C([2H])(c1cc[n+](C)c(-c2c(C)ccc3c2oc2ccc4ccccc4c23)c1)C(C)C.[2H]C([2H])(c1cc[n+](C)c(-c2c(C)ccc3c2oc2ccc4ccccc4c23)c1)C1CCCC1.[2H]C([2H])(c1cc[n+](C)c(-c2c(C)ccc3c2oc2ccc4ccccc4c23)c1)C1CCCCC1. The van der Waals surface area contributed by atoms with Crippen LogP contribution < -0.4 is 18.3 Å². The smallest absolute Gasteiger partial charge is 0.216 e. The summed E-state index contributed by atoms with van der Waals surface area (Å²) >= 11 is 0. The molecule has 8 heterocycles. The van der Waals surface area contributed by atoms with Gasteiger partial charge in [0.2, 0.25) is 22.8 Å². The van der Waals surface area contributed by atoms with Crippen molar-refractivity contribution in [1.82, 2.24) is 0 Å². The molecule has 596 valence electrons. The fourth-order valence-corrected chi connectivity index (χ4v) is 19.1. The van der Waals surface area contributed by atoms with Gasteiger partial charge in [-0.3, -0.25) is 0 Å². The molecule has 20 aromatic rings. The minimum absolute atomic E-state index is 0.0799. The summed E-state index contributed by atoms with van der Waals surface area (Å²) in [6, 6.07) is 77.8. The average Bonchev–Trinajstić information content (AvgIpc) is 1.53. The Kier molecular flexibility index (Phi) is 17.2. The van der Waals surface area contributed by atoms with Crippen LogP contribution in [-0.2, 0) is 47.3 Å². The van der Waals surface area contributed by atoms with Crippen LogP contribution in [0.1, 0.15) is 144 Å². The van der Waals surface area contributed by atoms with Crippen LogP contribution >= 0.6 is 0 Å². The molecule has 2 fully saturated rings. The summed E-state index contributed by atoms with van der Waals surface area (Å²) in [6.07, 6.45) is 13.1. The van der Waals surface area contributed by atoms with Crippen LogP contribution in [0.25, 0.3) is 176 Å². The zero-order valence-corrected chi connectivity index (χ0v) is 70.3. The molecular weight excluding hydrogens is 1470 g/mol. The van der Waals surface area contributed by atoms with Crippen LogP contribution in [0.5, 0.6) is 0 Å². The van der Waals surface area contributed by atoms with E-state index in [2.05, 4.69) is 175 Å². The molecule has 0 unspecified atom stereocenters. The number of aryl methyl sites for hydroxylation is 11. The van der Waals surface area contributed by atoms with Crippen molar-refractivity contribution in [1.29, 1.82) is 0 Å². The van der Waals surface area contributed by atoms with Gasteiger partial charge in [0.25, 0.3) is 0 Å². The van der Waals surface area contributed by atoms with Crippen molar-refractivity contribution in [3.05, 3.63) is 311 Å². The number of benzene rings is 12. The van der Waals surface area contributed by atoms with Gasteiger partial charge in [-0.25, -0.2) is 18.3 Å². The third-order valence-electron chi connectivity index (χ3n) is 25.2. The topological polar surface area (TPSA) is 68.1 Å². The number of furan rings is 4. The first-order valence-corrected chi connectivity index (χ1v) is 42.5. The average molecular weight is 1590 g/mol. The molecule has 2 aliphatic carbocycles. The van der Waals surface area contributed by atoms with E-state index in [1.807, 2.05) is 144 Å². The monoisotopic (exact) mass is 1580 g/mol. The first-order chi connectivity index (χ1) is 63.1. The number of nitrogens with zero attached hydrogens (tertiary/aromatic N) is 4. The summed E-state index contributed by atoms with van der Waals surface area (Å²) in [5.74, 6) is 0.0475. The van der Waals surface area contributed by atoms with Gasteiger partial charge in [0, 0.05) is 108 Å². The molecule has 0 aliphatic heterocycles. The number of aromatic nitrogens is 4. The predicted octanol–water partition coefficient (Wildman–Crippen LogP) is 28.1. The van der Waals surface area contributed by atoms with E-state index in [-0.39, 0.29) is 28.9 Å². The van der Waals surface area contributed by atoms with E-state index in [1.54, 1.807) is 30.8 Å². The van der Waals surface area contributed by atoms with Gasteiger partial charge >= 0.3 is 0 Å². The lowest BCUT2D eigenvalue weighted by Crippen LogP contribution is -2.31. The molecule has 0 saturated heterocycles. The van der Waals surface area contributed by atoms with Gasteiger partial charge in [0.1, 0.15) is 72.9 Å². The van der Waals surface area contributed by atoms with E-state index in [0.29, 0.717) is 27.7 Å². The lowest BCUT2D eigenvalue weighted by molar-refractivity contribution is -0.660. The molecule has 2 aliphatic rings. The Bertz CT molecular complexity index is 8010. The summed E-state index contributed by atoms with van der Waals surface area (Å²) in [5.41, 5.74) is 21.4. The summed E-state index contributed by atoms with van der Waals surface area (Å²) in [5, 5.41) is 17.2. The molecule has 0 amide bonds. The summed E-state index contributed by atoms with van der Waals surface area (Å²) in [7, 11) is 7.86. The second-order valence-corrected chi connectivity index (χ2v) is 33.8. The van der Waals surface area contributed by atoms with Gasteiger partial charge in [0.05, 0.1) is 22.3 Å². The number of pyridine rings is 4. The Morgan fingerprint density at radius 2 is 0.667 bits per heavy atom. The second-order valence-electron chi connectivity index (χ2n) is 33.8. The Balaban J connectivity index is 0.000000114. The third-order valence-corrected chi connectivity index (χ3v) is 25.2. The van der Waals surface area contributed by atoms with Crippen LogP contribution in [0, 0.1) is 66.1 Å². The van der Waals surface area contributed by atoms with Crippen LogP contribution in [0.15, 0.2) is 273 Å². The van der Waals surface area contributed by atoms with E-state index in [9.17, 15) is 0 Å². The summed E-state index contributed by atoms with van der Waals surface area (Å²) < 4.78 is 135. The molecule has 8 heteroatoms. The first kappa shape index (κ1) is 64.5. The predicted molar refractivity (Wildman–Crippen MR) is 499 cm³/mol.